The maximum absolute atomic E-state index is 13.6. The molecule has 220 valence electrons. The van der Waals surface area contributed by atoms with Gasteiger partial charge in [0.2, 0.25) is 5.91 Å². The number of halogens is 6. The molecule has 3 aromatic rings. The third-order valence-corrected chi connectivity index (χ3v) is 7.62. The van der Waals surface area contributed by atoms with Gasteiger partial charge >= 0.3 is 12.4 Å². The van der Waals surface area contributed by atoms with Crippen molar-refractivity contribution in [1.29, 1.82) is 0 Å². The average molecular weight is 582 g/mol. The Balaban J connectivity index is 1.44. The van der Waals surface area contributed by atoms with Crippen molar-refractivity contribution in [3.63, 3.8) is 0 Å². The number of piperazine rings is 2. The van der Waals surface area contributed by atoms with Crippen molar-refractivity contribution in [2.45, 2.75) is 24.8 Å². The number of para-hydroxylation sites is 1. The van der Waals surface area contributed by atoms with Gasteiger partial charge in [-0.15, -0.1) is 0 Å². The smallest absolute Gasteiger partial charge is 0.361 e. The van der Waals surface area contributed by atoms with Gasteiger partial charge < -0.3 is 20.1 Å². The van der Waals surface area contributed by atoms with Crippen LogP contribution in [-0.2, 0) is 23.6 Å². The molecule has 1 aromatic heterocycles. The van der Waals surface area contributed by atoms with Gasteiger partial charge in [0.15, 0.2) is 0 Å². The fourth-order valence-electron chi connectivity index (χ4n) is 5.51. The molecule has 0 spiro atoms. The first-order valence-corrected chi connectivity index (χ1v) is 13.3. The van der Waals surface area contributed by atoms with E-state index in [-0.39, 0.29) is 38.2 Å². The number of aromatic nitrogens is 1. The highest BCUT2D eigenvalue weighted by atomic mass is 19.4. The van der Waals surface area contributed by atoms with Crippen molar-refractivity contribution in [3.05, 3.63) is 70.9 Å². The predicted molar refractivity (Wildman–Crippen MR) is 139 cm³/mol. The van der Waals surface area contributed by atoms with Crippen LogP contribution in [0.25, 0.3) is 10.9 Å². The van der Waals surface area contributed by atoms with Gasteiger partial charge in [-0.05, 0) is 36.2 Å². The minimum Gasteiger partial charge on any atom is -0.361 e. The summed E-state index contributed by atoms with van der Waals surface area (Å²) in [5, 5.41) is 4.08. The summed E-state index contributed by atoms with van der Waals surface area (Å²) in [5.74, 6) is -0.982. The molecule has 2 aliphatic rings. The lowest BCUT2D eigenvalue weighted by molar-refractivity contribution is -0.143. The lowest BCUT2D eigenvalue weighted by Gasteiger charge is -2.42. The maximum Gasteiger partial charge on any atom is 0.416 e. The van der Waals surface area contributed by atoms with Crippen LogP contribution in [0.4, 0.5) is 26.3 Å². The van der Waals surface area contributed by atoms with Crippen LogP contribution < -0.4 is 5.32 Å². The minimum absolute atomic E-state index is 0.0138. The van der Waals surface area contributed by atoms with Gasteiger partial charge in [0.25, 0.3) is 5.91 Å². The number of H-pyrrole nitrogens is 1. The van der Waals surface area contributed by atoms with E-state index in [1.54, 1.807) is 11.1 Å². The molecule has 2 N–H and O–H groups in total. The molecular formula is C28H29F6N5O2. The van der Waals surface area contributed by atoms with E-state index in [9.17, 15) is 35.9 Å². The zero-order chi connectivity index (χ0) is 29.4. The summed E-state index contributed by atoms with van der Waals surface area (Å²) in [6.45, 7) is 3.15. The molecular weight excluding hydrogens is 552 g/mol. The third-order valence-electron chi connectivity index (χ3n) is 7.62. The van der Waals surface area contributed by atoms with E-state index in [2.05, 4.69) is 10.3 Å². The first kappa shape index (κ1) is 28.9. The molecule has 1 atom stereocenters. The third kappa shape index (κ3) is 6.51. The van der Waals surface area contributed by atoms with Crippen molar-refractivity contribution in [3.8, 4) is 0 Å². The Morgan fingerprint density at radius 3 is 2.20 bits per heavy atom. The number of carbonyl (C=O) groups excluding carboxylic acids is 2. The molecule has 1 unspecified atom stereocenters. The number of hydrogen-bond donors (Lipinski definition) is 2. The number of carbonyl (C=O) groups is 2. The van der Waals surface area contributed by atoms with Crippen LogP contribution in [0.2, 0.25) is 0 Å². The molecule has 0 aliphatic carbocycles. The van der Waals surface area contributed by atoms with E-state index in [0.717, 1.165) is 16.5 Å². The Morgan fingerprint density at radius 2 is 1.54 bits per heavy atom. The van der Waals surface area contributed by atoms with Gasteiger partial charge in [-0.1, -0.05) is 18.2 Å². The van der Waals surface area contributed by atoms with E-state index >= 15 is 0 Å². The van der Waals surface area contributed by atoms with E-state index in [1.165, 1.54) is 4.90 Å². The summed E-state index contributed by atoms with van der Waals surface area (Å²) >= 11 is 0. The quantitative estimate of drug-likeness (QED) is 0.447. The zero-order valence-electron chi connectivity index (χ0n) is 22.0. The average Bonchev–Trinajstić information content (AvgIpc) is 3.35. The monoisotopic (exact) mass is 581 g/mol. The number of nitrogens with zero attached hydrogens (tertiary/aromatic N) is 3. The SMILES string of the molecule is O=C(CN1CCN(C(=O)c2cc(C(F)(F)F)cc(C(F)(F)F)c2)C(Cc2c[nH]c3ccccc23)C1)N1CCNCC1. The normalized spacial score (nSPS) is 19.1. The highest BCUT2D eigenvalue weighted by Gasteiger charge is 2.39. The second-order valence-electron chi connectivity index (χ2n) is 10.4. The second kappa shape index (κ2) is 11.4. The Hall–Kier alpha value is -3.58. The molecule has 41 heavy (non-hydrogen) atoms. The lowest BCUT2D eigenvalue weighted by atomic mass is 9.98. The van der Waals surface area contributed by atoms with Crippen LogP contribution in [0.1, 0.15) is 27.0 Å². The number of rotatable bonds is 5. The minimum atomic E-state index is -5.07. The molecule has 13 heteroatoms. The number of alkyl halides is 6. The predicted octanol–water partition coefficient (Wildman–Crippen LogP) is 4.01. The van der Waals surface area contributed by atoms with Crippen molar-refractivity contribution in [1.82, 2.24) is 25.0 Å². The summed E-state index contributed by atoms with van der Waals surface area (Å²) in [6, 6.07) is 7.83. The van der Waals surface area contributed by atoms with Crippen LogP contribution in [0.3, 0.4) is 0 Å². The van der Waals surface area contributed by atoms with Crippen LogP contribution in [0.5, 0.6) is 0 Å². The molecule has 0 radical (unpaired) electrons. The number of amides is 2. The van der Waals surface area contributed by atoms with Crippen LogP contribution in [-0.4, -0.2) is 89.9 Å². The van der Waals surface area contributed by atoms with Crippen LogP contribution in [0.15, 0.2) is 48.7 Å². The van der Waals surface area contributed by atoms with E-state index in [1.807, 2.05) is 29.2 Å². The fraction of sp³-hybridized carbons (Fsp3) is 0.429. The van der Waals surface area contributed by atoms with Crippen molar-refractivity contribution < 1.29 is 35.9 Å². The van der Waals surface area contributed by atoms with Crippen LogP contribution in [0, 0.1) is 0 Å². The van der Waals surface area contributed by atoms with Crippen molar-refractivity contribution in [2.75, 3.05) is 52.4 Å². The Labute approximate surface area is 232 Å². The molecule has 5 rings (SSSR count). The molecule has 2 aliphatic heterocycles. The van der Waals surface area contributed by atoms with E-state index in [0.29, 0.717) is 44.7 Å². The Bertz CT molecular complexity index is 1380. The first-order valence-electron chi connectivity index (χ1n) is 13.3. The highest BCUT2D eigenvalue weighted by Crippen LogP contribution is 2.37. The van der Waals surface area contributed by atoms with Gasteiger partial charge in [0.1, 0.15) is 0 Å². The number of fused-ring (bicyclic) bond motifs is 1. The van der Waals surface area contributed by atoms with Crippen molar-refractivity contribution >= 4 is 22.7 Å². The Morgan fingerprint density at radius 1 is 0.878 bits per heavy atom. The Kier molecular flexibility index (Phi) is 8.02. The molecule has 2 aromatic carbocycles. The van der Waals surface area contributed by atoms with Crippen molar-refractivity contribution in [2.24, 2.45) is 0 Å². The summed E-state index contributed by atoms with van der Waals surface area (Å²) in [6.07, 6.45) is -8.06. The summed E-state index contributed by atoms with van der Waals surface area (Å²) in [4.78, 5) is 34.7. The number of benzene rings is 2. The van der Waals surface area contributed by atoms with Gasteiger partial charge in [-0.3, -0.25) is 14.5 Å². The van der Waals surface area contributed by atoms with Gasteiger partial charge in [-0.2, -0.15) is 26.3 Å². The van der Waals surface area contributed by atoms with E-state index < -0.39 is 41.0 Å². The molecule has 2 fully saturated rings. The molecule has 7 nitrogen and oxygen atoms in total. The standard InChI is InChI=1S/C28H29F6N5O2/c29-27(30,31)20-11-18(12-21(14-20)28(32,33)34)26(41)39-10-9-37(17-25(40)38-7-5-35-6-8-38)16-22(39)13-19-15-36-24-4-2-1-3-23(19)24/h1-4,11-12,14-15,22,35-36H,5-10,13,16-17H2. The molecule has 2 amide bonds. The topological polar surface area (TPSA) is 71.7 Å². The first-order chi connectivity index (χ1) is 19.4. The lowest BCUT2D eigenvalue weighted by Crippen LogP contribution is -2.58. The highest BCUT2D eigenvalue weighted by molar-refractivity contribution is 5.95. The summed E-state index contributed by atoms with van der Waals surface area (Å²) < 4.78 is 81.0. The summed E-state index contributed by atoms with van der Waals surface area (Å²) in [5.41, 5.74) is -2.05. The molecule has 3 heterocycles. The summed E-state index contributed by atoms with van der Waals surface area (Å²) in [7, 11) is 0. The maximum atomic E-state index is 13.6. The van der Waals surface area contributed by atoms with Gasteiger partial charge in [-0.25, -0.2) is 0 Å². The largest absolute Gasteiger partial charge is 0.416 e. The number of hydrogen-bond acceptors (Lipinski definition) is 4. The molecule has 2 saturated heterocycles. The molecule has 0 bridgehead atoms. The van der Waals surface area contributed by atoms with Gasteiger partial charge in [0.05, 0.1) is 17.7 Å². The number of aromatic amines is 1. The second-order valence-corrected chi connectivity index (χ2v) is 10.4. The van der Waals surface area contributed by atoms with E-state index in [4.69, 9.17) is 0 Å². The van der Waals surface area contributed by atoms with Gasteiger partial charge in [0, 0.05) is 74.5 Å². The molecule has 0 saturated carbocycles. The zero-order valence-corrected chi connectivity index (χ0v) is 22.0. The fourth-order valence-corrected chi connectivity index (χ4v) is 5.51. The number of nitrogens with one attached hydrogen (secondary N) is 2. The van der Waals surface area contributed by atoms with Crippen LogP contribution >= 0.6 is 0 Å².